The lowest BCUT2D eigenvalue weighted by Crippen LogP contribution is -2.38. The summed E-state index contributed by atoms with van der Waals surface area (Å²) in [5.74, 6) is 0.760. The van der Waals surface area contributed by atoms with Gasteiger partial charge in [0.2, 0.25) is 5.91 Å². The Bertz CT molecular complexity index is 1060. The SMILES string of the molecule is C1CCCCC1.Cc1cc(-c2ncn[nH]2)c(F)cc1-c1cnc2c(n1)N(C)C(=O)CN2.O. The molecule has 1 saturated carbocycles. The van der Waals surface area contributed by atoms with Crippen LogP contribution in [0.25, 0.3) is 22.6 Å². The maximum Gasteiger partial charge on any atom is 0.247 e. The van der Waals surface area contributed by atoms with E-state index >= 15 is 0 Å². The summed E-state index contributed by atoms with van der Waals surface area (Å²) in [5, 5.41) is 9.31. The fraction of sp³-hybridized carbons (Fsp3) is 0.409. The molecule has 2 aromatic heterocycles. The summed E-state index contributed by atoms with van der Waals surface area (Å²) in [7, 11) is 1.64. The topological polar surface area (TPSA) is 131 Å². The lowest BCUT2D eigenvalue weighted by Gasteiger charge is -2.25. The number of anilines is 2. The van der Waals surface area contributed by atoms with Crippen LogP contribution in [0.4, 0.5) is 16.0 Å². The molecule has 32 heavy (non-hydrogen) atoms. The highest BCUT2D eigenvalue weighted by molar-refractivity contribution is 6.00. The smallest absolute Gasteiger partial charge is 0.247 e. The van der Waals surface area contributed by atoms with E-state index < -0.39 is 5.82 Å². The molecule has 1 aliphatic heterocycles. The van der Waals surface area contributed by atoms with Gasteiger partial charge in [-0.15, -0.1) is 0 Å². The number of hydrogen-bond donors (Lipinski definition) is 2. The van der Waals surface area contributed by atoms with Gasteiger partial charge in [-0.1, -0.05) is 38.5 Å². The highest BCUT2D eigenvalue weighted by Crippen LogP contribution is 2.32. The van der Waals surface area contributed by atoms with E-state index in [1.807, 2.05) is 6.92 Å². The second-order valence-corrected chi connectivity index (χ2v) is 7.84. The molecule has 0 radical (unpaired) electrons. The molecule has 9 nitrogen and oxygen atoms in total. The van der Waals surface area contributed by atoms with Crippen LogP contribution < -0.4 is 10.2 Å². The van der Waals surface area contributed by atoms with Gasteiger partial charge in [0, 0.05) is 12.6 Å². The molecule has 0 spiro atoms. The van der Waals surface area contributed by atoms with Gasteiger partial charge in [0.05, 0.1) is 24.0 Å². The molecular weight excluding hydrogens is 413 g/mol. The van der Waals surface area contributed by atoms with Gasteiger partial charge in [0.25, 0.3) is 0 Å². The van der Waals surface area contributed by atoms with Crippen LogP contribution in [0.15, 0.2) is 24.7 Å². The third kappa shape index (κ3) is 4.91. The quantitative estimate of drug-likeness (QED) is 0.627. The highest BCUT2D eigenvalue weighted by Gasteiger charge is 2.24. The molecule has 3 aromatic rings. The van der Waals surface area contributed by atoms with E-state index in [4.69, 9.17) is 0 Å². The average molecular weight is 442 g/mol. The van der Waals surface area contributed by atoms with Crippen molar-refractivity contribution in [2.75, 3.05) is 23.8 Å². The number of amides is 1. The van der Waals surface area contributed by atoms with Crippen molar-refractivity contribution in [2.24, 2.45) is 0 Å². The maximum atomic E-state index is 14.5. The van der Waals surface area contributed by atoms with Crippen LogP contribution in [0.5, 0.6) is 0 Å². The summed E-state index contributed by atoms with van der Waals surface area (Å²) in [5.41, 5.74) is 2.23. The first-order chi connectivity index (χ1) is 15.0. The van der Waals surface area contributed by atoms with Gasteiger partial charge in [-0.05, 0) is 24.6 Å². The first kappa shape index (κ1) is 23.3. The van der Waals surface area contributed by atoms with Gasteiger partial charge in [0.15, 0.2) is 17.5 Å². The summed E-state index contributed by atoms with van der Waals surface area (Å²) in [6.45, 7) is 2.03. The number of rotatable bonds is 2. The predicted octanol–water partition coefficient (Wildman–Crippen LogP) is 3.28. The zero-order chi connectivity index (χ0) is 21.8. The Balaban J connectivity index is 0.000000360. The first-order valence-electron chi connectivity index (χ1n) is 10.6. The lowest BCUT2D eigenvalue weighted by molar-refractivity contribution is -0.116. The predicted molar refractivity (Wildman–Crippen MR) is 121 cm³/mol. The normalized spacial score (nSPS) is 15.1. The second-order valence-electron chi connectivity index (χ2n) is 7.84. The van der Waals surface area contributed by atoms with Crippen molar-refractivity contribution >= 4 is 17.5 Å². The number of fused-ring (bicyclic) bond motifs is 1. The Morgan fingerprint density at radius 2 is 1.72 bits per heavy atom. The molecule has 2 aliphatic rings. The number of aryl methyl sites for hydroxylation is 1. The van der Waals surface area contributed by atoms with Crippen molar-refractivity contribution < 1.29 is 14.7 Å². The molecule has 0 atom stereocenters. The number of halogens is 1. The minimum Gasteiger partial charge on any atom is -0.412 e. The number of H-pyrrole nitrogens is 1. The van der Waals surface area contributed by atoms with Crippen LogP contribution in [-0.2, 0) is 4.79 Å². The van der Waals surface area contributed by atoms with Crippen LogP contribution in [0, 0.1) is 12.7 Å². The number of nitrogens with one attached hydrogen (secondary N) is 2. The molecule has 4 N–H and O–H groups in total. The van der Waals surface area contributed by atoms with Crippen LogP contribution in [0.3, 0.4) is 0 Å². The molecule has 1 aromatic carbocycles. The summed E-state index contributed by atoms with van der Waals surface area (Å²) in [6, 6.07) is 3.07. The van der Waals surface area contributed by atoms with Crippen LogP contribution in [0.1, 0.15) is 44.1 Å². The van der Waals surface area contributed by atoms with Crippen molar-refractivity contribution in [1.82, 2.24) is 25.1 Å². The second kappa shape index (κ2) is 10.3. The Morgan fingerprint density at radius 3 is 2.34 bits per heavy atom. The number of benzene rings is 1. The molecule has 1 amide bonds. The van der Waals surface area contributed by atoms with E-state index in [-0.39, 0.29) is 17.9 Å². The van der Waals surface area contributed by atoms with Gasteiger partial charge in [-0.3, -0.25) is 14.8 Å². The molecule has 10 heteroatoms. The standard InChI is InChI=1S/C16H14FN7O.C6H12.H2O/c1-8-3-10(14-20-7-21-23-14)11(17)4-9(8)12-5-18-15-16(22-12)24(2)13(25)6-19-15;1-2-4-6-5-3-1;/h3-5,7H,6H2,1-2H3,(H,18,19)(H,20,21,23);1-6H2;1H2. The Kier molecular flexibility index (Phi) is 7.47. The molecule has 1 fully saturated rings. The van der Waals surface area contributed by atoms with Crippen LogP contribution in [0.2, 0.25) is 0 Å². The minimum atomic E-state index is -0.445. The molecule has 0 unspecified atom stereocenters. The van der Waals surface area contributed by atoms with Crippen LogP contribution >= 0.6 is 0 Å². The Morgan fingerprint density at radius 1 is 1.03 bits per heavy atom. The lowest BCUT2D eigenvalue weighted by atomic mass is 10.0. The third-order valence-corrected chi connectivity index (χ3v) is 5.61. The summed E-state index contributed by atoms with van der Waals surface area (Å²) < 4.78 is 14.5. The molecule has 3 heterocycles. The minimum absolute atomic E-state index is 0. The van der Waals surface area contributed by atoms with Gasteiger partial charge in [-0.25, -0.2) is 19.3 Å². The number of aromatic nitrogens is 5. The third-order valence-electron chi connectivity index (χ3n) is 5.61. The number of aromatic amines is 1. The molecule has 0 saturated heterocycles. The zero-order valence-corrected chi connectivity index (χ0v) is 18.3. The van der Waals surface area contributed by atoms with Crippen molar-refractivity contribution in [3.63, 3.8) is 0 Å². The highest BCUT2D eigenvalue weighted by atomic mass is 19.1. The van der Waals surface area contributed by atoms with Gasteiger partial charge in [0.1, 0.15) is 12.1 Å². The van der Waals surface area contributed by atoms with Gasteiger partial charge < -0.3 is 10.8 Å². The number of likely N-dealkylation sites (N-methyl/N-ethyl adjacent to an activating group) is 1. The Labute approximate surface area is 185 Å². The largest absolute Gasteiger partial charge is 0.412 e. The maximum absolute atomic E-state index is 14.5. The van der Waals surface area contributed by atoms with E-state index in [2.05, 4.69) is 30.5 Å². The number of carbonyl (C=O) groups excluding carboxylic acids is 1. The fourth-order valence-corrected chi connectivity index (χ4v) is 3.80. The Hall–Kier alpha value is -3.40. The number of nitrogens with zero attached hydrogens (tertiary/aromatic N) is 5. The molecule has 1 aliphatic carbocycles. The monoisotopic (exact) mass is 441 g/mol. The van der Waals surface area contributed by atoms with E-state index in [1.165, 1.54) is 55.8 Å². The van der Waals surface area contributed by atoms with Gasteiger partial charge >= 0.3 is 0 Å². The van der Waals surface area contributed by atoms with E-state index in [9.17, 15) is 9.18 Å². The number of carbonyl (C=O) groups is 1. The average Bonchev–Trinajstić information content (AvgIpc) is 3.34. The molecule has 0 bridgehead atoms. The summed E-state index contributed by atoms with van der Waals surface area (Å²) in [6.07, 6.45) is 11.9. The van der Waals surface area contributed by atoms with E-state index in [1.54, 1.807) is 19.3 Å². The molecular formula is C22H28FN7O2. The van der Waals surface area contributed by atoms with E-state index in [0.717, 1.165) is 5.56 Å². The van der Waals surface area contributed by atoms with E-state index in [0.29, 0.717) is 34.3 Å². The van der Waals surface area contributed by atoms with Gasteiger partial charge in [-0.2, -0.15) is 5.10 Å². The van der Waals surface area contributed by atoms with Crippen molar-refractivity contribution in [3.05, 3.63) is 36.0 Å². The fourth-order valence-electron chi connectivity index (χ4n) is 3.80. The first-order valence-corrected chi connectivity index (χ1v) is 10.6. The van der Waals surface area contributed by atoms with Crippen molar-refractivity contribution in [3.8, 4) is 22.6 Å². The molecule has 170 valence electrons. The number of hydrogen-bond acceptors (Lipinski definition) is 6. The van der Waals surface area contributed by atoms with Crippen molar-refractivity contribution in [2.45, 2.75) is 45.4 Å². The summed E-state index contributed by atoms with van der Waals surface area (Å²) >= 11 is 0. The summed E-state index contributed by atoms with van der Waals surface area (Å²) in [4.78, 5) is 26.0. The van der Waals surface area contributed by atoms with Crippen molar-refractivity contribution in [1.29, 1.82) is 0 Å². The van der Waals surface area contributed by atoms with Crippen LogP contribution in [-0.4, -0.2) is 50.1 Å². The zero-order valence-electron chi connectivity index (χ0n) is 18.3. The molecule has 5 rings (SSSR count).